The van der Waals surface area contributed by atoms with Crippen LogP contribution in [0.5, 0.6) is 0 Å². The highest BCUT2D eigenvalue weighted by molar-refractivity contribution is 5.94. The number of fused-ring (bicyclic) bond motifs is 2. The number of benzene rings is 1. The minimum Gasteiger partial charge on any atom is -0.349 e. The van der Waals surface area contributed by atoms with Crippen LogP contribution in [-0.2, 0) is 6.18 Å². The summed E-state index contributed by atoms with van der Waals surface area (Å²) in [5.74, 6) is -0.424. The van der Waals surface area contributed by atoms with Crippen molar-refractivity contribution in [2.24, 2.45) is 0 Å². The molecule has 2 bridgehead atoms. The maximum Gasteiger partial charge on any atom is 0.416 e. The second kappa shape index (κ2) is 6.46. The van der Waals surface area contributed by atoms with E-state index < -0.39 is 17.6 Å². The lowest BCUT2D eigenvalue weighted by Crippen LogP contribution is -2.48. The fraction of sp³-hybridized carbons (Fsp3) is 0.533. The molecule has 2 unspecified atom stereocenters. The van der Waals surface area contributed by atoms with Crippen LogP contribution in [0.3, 0.4) is 0 Å². The third kappa shape index (κ3) is 3.73. The Morgan fingerprint density at radius 2 is 1.82 bits per heavy atom. The topological polar surface area (TPSA) is 41.1 Å². The van der Waals surface area contributed by atoms with Crippen molar-refractivity contribution in [1.29, 1.82) is 0 Å². The molecular formula is C15H18ClF3N2O. The zero-order chi connectivity index (χ0) is 15.0. The standard InChI is InChI=1S/C15H17F3N2O.ClH/c16-15(17,18)10-3-1-2-9(6-10)14(21)20-13-7-11-4-5-12(8-13)19-11;/h1-3,6,11-13,19H,4-5,7-8H2,(H,20,21);1H. The first-order valence-electron chi connectivity index (χ1n) is 7.16. The molecule has 22 heavy (non-hydrogen) atoms. The molecule has 0 aromatic heterocycles. The molecule has 2 saturated heterocycles. The van der Waals surface area contributed by atoms with Crippen molar-refractivity contribution >= 4 is 18.3 Å². The number of amides is 1. The van der Waals surface area contributed by atoms with Crippen molar-refractivity contribution in [2.75, 3.05) is 0 Å². The van der Waals surface area contributed by atoms with Crippen molar-refractivity contribution in [3.63, 3.8) is 0 Å². The first kappa shape index (κ1) is 17.1. The van der Waals surface area contributed by atoms with E-state index in [1.165, 1.54) is 12.1 Å². The number of carbonyl (C=O) groups is 1. The van der Waals surface area contributed by atoms with Crippen LogP contribution in [0.4, 0.5) is 13.2 Å². The second-order valence-corrected chi connectivity index (χ2v) is 5.86. The second-order valence-electron chi connectivity index (χ2n) is 5.86. The Kier molecular flexibility index (Phi) is 5.02. The average molecular weight is 335 g/mol. The molecule has 2 fully saturated rings. The van der Waals surface area contributed by atoms with Gasteiger partial charge in [0.05, 0.1) is 5.56 Å². The van der Waals surface area contributed by atoms with Crippen LogP contribution in [-0.4, -0.2) is 24.0 Å². The van der Waals surface area contributed by atoms with Gasteiger partial charge in [0.15, 0.2) is 0 Å². The van der Waals surface area contributed by atoms with Gasteiger partial charge >= 0.3 is 6.18 Å². The fourth-order valence-electron chi connectivity index (χ4n) is 3.28. The smallest absolute Gasteiger partial charge is 0.349 e. The van der Waals surface area contributed by atoms with Gasteiger partial charge in [-0.15, -0.1) is 12.4 Å². The Labute approximate surface area is 133 Å². The van der Waals surface area contributed by atoms with Crippen LogP contribution in [0, 0.1) is 0 Å². The van der Waals surface area contributed by atoms with E-state index in [9.17, 15) is 18.0 Å². The molecule has 2 N–H and O–H groups in total. The normalized spacial score (nSPS) is 27.1. The Morgan fingerprint density at radius 3 is 2.41 bits per heavy atom. The zero-order valence-electron chi connectivity index (χ0n) is 11.8. The first-order chi connectivity index (χ1) is 9.91. The highest BCUT2D eigenvalue weighted by Gasteiger charge is 2.34. The molecule has 1 aromatic carbocycles. The summed E-state index contributed by atoms with van der Waals surface area (Å²) in [5, 5.41) is 6.33. The SMILES string of the molecule is Cl.O=C(NC1CC2CCC(C1)N2)c1cccc(C(F)(F)F)c1. The van der Waals surface area contributed by atoms with Crippen LogP contribution in [0.15, 0.2) is 24.3 Å². The Balaban J connectivity index is 0.00000176. The van der Waals surface area contributed by atoms with Crippen molar-refractivity contribution in [1.82, 2.24) is 10.6 Å². The minimum absolute atomic E-state index is 0. The lowest BCUT2D eigenvalue weighted by atomic mass is 9.99. The molecule has 1 aromatic rings. The van der Waals surface area contributed by atoms with E-state index in [1.54, 1.807) is 0 Å². The summed E-state index contributed by atoms with van der Waals surface area (Å²) in [6.45, 7) is 0. The monoisotopic (exact) mass is 334 g/mol. The summed E-state index contributed by atoms with van der Waals surface area (Å²) in [6.07, 6.45) is -0.506. The van der Waals surface area contributed by atoms with Gasteiger partial charge in [-0.25, -0.2) is 0 Å². The summed E-state index contributed by atoms with van der Waals surface area (Å²) < 4.78 is 38.0. The summed E-state index contributed by atoms with van der Waals surface area (Å²) in [5.41, 5.74) is -0.726. The van der Waals surface area contributed by atoms with Gasteiger partial charge < -0.3 is 10.6 Å². The van der Waals surface area contributed by atoms with Gasteiger partial charge in [-0.05, 0) is 43.9 Å². The van der Waals surface area contributed by atoms with Crippen LogP contribution < -0.4 is 10.6 Å². The van der Waals surface area contributed by atoms with E-state index in [0.717, 1.165) is 37.8 Å². The molecule has 122 valence electrons. The molecule has 3 rings (SSSR count). The van der Waals surface area contributed by atoms with E-state index >= 15 is 0 Å². The molecule has 0 spiro atoms. The highest BCUT2D eigenvalue weighted by atomic mass is 35.5. The van der Waals surface area contributed by atoms with Crippen LogP contribution >= 0.6 is 12.4 Å². The molecule has 1 amide bonds. The number of nitrogens with one attached hydrogen (secondary N) is 2. The molecule has 0 aliphatic carbocycles. The zero-order valence-corrected chi connectivity index (χ0v) is 12.6. The largest absolute Gasteiger partial charge is 0.416 e. The van der Waals surface area contributed by atoms with E-state index in [-0.39, 0.29) is 24.0 Å². The fourth-order valence-corrected chi connectivity index (χ4v) is 3.28. The lowest BCUT2D eigenvalue weighted by molar-refractivity contribution is -0.137. The minimum atomic E-state index is -4.43. The Bertz CT molecular complexity index is 538. The molecule has 2 atom stereocenters. The summed E-state index contributed by atoms with van der Waals surface area (Å²) in [7, 11) is 0. The first-order valence-corrected chi connectivity index (χ1v) is 7.16. The quantitative estimate of drug-likeness (QED) is 0.872. The van der Waals surface area contributed by atoms with Gasteiger partial charge in [-0.1, -0.05) is 6.07 Å². The third-order valence-electron chi connectivity index (χ3n) is 4.26. The van der Waals surface area contributed by atoms with Crippen molar-refractivity contribution in [3.05, 3.63) is 35.4 Å². The number of hydrogen-bond acceptors (Lipinski definition) is 2. The summed E-state index contributed by atoms with van der Waals surface area (Å²) >= 11 is 0. The van der Waals surface area contributed by atoms with Gasteiger partial charge in [-0.3, -0.25) is 4.79 Å². The van der Waals surface area contributed by atoms with Gasteiger partial charge in [0.25, 0.3) is 5.91 Å². The van der Waals surface area contributed by atoms with Crippen molar-refractivity contribution in [3.8, 4) is 0 Å². The van der Waals surface area contributed by atoms with Crippen molar-refractivity contribution < 1.29 is 18.0 Å². The number of alkyl halides is 3. The molecule has 7 heteroatoms. The van der Waals surface area contributed by atoms with E-state index in [2.05, 4.69) is 10.6 Å². The molecule has 0 saturated carbocycles. The Morgan fingerprint density at radius 1 is 1.18 bits per heavy atom. The van der Waals surface area contributed by atoms with Gasteiger partial charge in [0.1, 0.15) is 0 Å². The van der Waals surface area contributed by atoms with E-state index in [0.29, 0.717) is 12.1 Å². The maximum atomic E-state index is 12.7. The van der Waals surface area contributed by atoms with Gasteiger partial charge in [0, 0.05) is 23.7 Å². The number of carbonyl (C=O) groups excluding carboxylic acids is 1. The van der Waals surface area contributed by atoms with Crippen molar-refractivity contribution in [2.45, 2.75) is 50.0 Å². The highest BCUT2D eigenvalue weighted by Crippen LogP contribution is 2.30. The molecule has 2 aliphatic rings. The van der Waals surface area contributed by atoms with E-state index in [1.807, 2.05) is 0 Å². The lowest BCUT2D eigenvalue weighted by Gasteiger charge is -2.29. The van der Waals surface area contributed by atoms with Gasteiger partial charge in [0.2, 0.25) is 0 Å². The summed E-state index contributed by atoms with van der Waals surface area (Å²) in [6, 6.07) is 5.47. The van der Waals surface area contributed by atoms with Crippen LogP contribution in [0.25, 0.3) is 0 Å². The molecular weight excluding hydrogens is 317 g/mol. The average Bonchev–Trinajstić information content (AvgIpc) is 2.77. The number of hydrogen-bond donors (Lipinski definition) is 2. The predicted molar refractivity (Wildman–Crippen MR) is 79.1 cm³/mol. The van der Waals surface area contributed by atoms with E-state index in [4.69, 9.17) is 0 Å². The molecule has 2 aliphatic heterocycles. The van der Waals surface area contributed by atoms with Crippen LogP contribution in [0.2, 0.25) is 0 Å². The summed E-state index contributed by atoms with van der Waals surface area (Å²) in [4.78, 5) is 12.1. The van der Waals surface area contributed by atoms with Gasteiger partial charge in [-0.2, -0.15) is 13.2 Å². The number of halogens is 4. The predicted octanol–water partition coefficient (Wildman–Crippen LogP) is 3.14. The molecule has 3 nitrogen and oxygen atoms in total. The van der Waals surface area contributed by atoms with Crippen LogP contribution in [0.1, 0.15) is 41.6 Å². The maximum absolute atomic E-state index is 12.7. The third-order valence-corrected chi connectivity index (χ3v) is 4.26. The molecule has 2 heterocycles. The number of piperidine rings is 1. The molecule has 0 radical (unpaired) electrons. The number of rotatable bonds is 2. The Hall–Kier alpha value is -1.27.